The predicted octanol–water partition coefficient (Wildman–Crippen LogP) is 4.11. The molecule has 0 aliphatic heterocycles. The first-order chi connectivity index (χ1) is 10.5. The minimum absolute atomic E-state index is 0.0434. The number of hydrogen-bond acceptors (Lipinski definition) is 2. The second-order valence-electron chi connectivity index (χ2n) is 7.83. The van der Waals surface area contributed by atoms with Crippen LogP contribution in [0, 0.1) is 5.92 Å². The Morgan fingerprint density at radius 2 is 1.78 bits per heavy atom. The summed E-state index contributed by atoms with van der Waals surface area (Å²) in [5.74, 6) is -2.66. The van der Waals surface area contributed by atoms with Crippen molar-refractivity contribution in [2.45, 2.75) is 83.7 Å². The number of aromatic nitrogens is 3. The summed E-state index contributed by atoms with van der Waals surface area (Å²) < 4.78 is 31.0. The van der Waals surface area contributed by atoms with Crippen LogP contribution < -0.4 is 0 Å². The number of halogens is 2. The molecule has 0 N–H and O–H groups in total. The van der Waals surface area contributed by atoms with Crippen molar-refractivity contribution in [1.29, 1.82) is 0 Å². The SMILES string of the molecule is C[B]C(C)(C)C1CCc2c(nnn2C(C)(C)[B]C)C(F)(F)CC1. The van der Waals surface area contributed by atoms with E-state index < -0.39 is 11.4 Å². The van der Waals surface area contributed by atoms with Crippen molar-refractivity contribution in [3.05, 3.63) is 11.4 Å². The summed E-state index contributed by atoms with van der Waals surface area (Å²) in [6, 6.07) is 0. The fraction of sp³-hybridized carbons (Fsp3) is 0.875. The van der Waals surface area contributed by atoms with Crippen LogP contribution in [0.5, 0.6) is 0 Å². The summed E-state index contributed by atoms with van der Waals surface area (Å²) >= 11 is 0. The van der Waals surface area contributed by atoms with Gasteiger partial charge in [-0.1, -0.05) is 38.0 Å². The highest BCUT2D eigenvalue weighted by atomic mass is 19.3. The maximum absolute atomic E-state index is 14.7. The smallest absolute Gasteiger partial charge is 0.252 e. The van der Waals surface area contributed by atoms with Gasteiger partial charge in [0.05, 0.1) is 5.69 Å². The molecule has 0 aromatic carbocycles. The Kier molecular flexibility index (Phi) is 4.99. The molecule has 1 heterocycles. The van der Waals surface area contributed by atoms with Crippen molar-refractivity contribution >= 4 is 14.6 Å². The molecule has 7 heteroatoms. The van der Waals surface area contributed by atoms with E-state index in [2.05, 4.69) is 31.4 Å². The largest absolute Gasteiger partial charge is 0.293 e. The second-order valence-corrected chi connectivity index (χ2v) is 7.83. The first-order valence-corrected chi connectivity index (χ1v) is 8.49. The number of hydrogen-bond donors (Lipinski definition) is 0. The zero-order valence-electron chi connectivity index (χ0n) is 15.2. The molecule has 1 aliphatic carbocycles. The maximum atomic E-state index is 14.7. The Balaban J connectivity index is 2.43. The second kappa shape index (κ2) is 6.21. The molecule has 0 spiro atoms. The van der Waals surface area contributed by atoms with Gasteiger partial charge in [0.15, 0.2) is 5.69 Å². The molecule has 0 fully saturated rings. The highest BCUT2D eigenvalue weighted by Crippen LogP contribution is 2.46. The van der Waals surface area contributed by atoms with Gasteiger partial charge in [0.2, 0.25) is 0 Å². The monoisotopic (exact) mass is 321 g/mol. The van der Waals surface area contributed by atoms with Gasteiger partial charge in [-0.2, -0.15) is 8.78 Å². The molecule has 3 nitrogen and oxygen atoms in total. The fourth-order valence-corrected chi connectivity index (χ4v) is 3.30. The van der Waals surface area contributed by atoms with Gasteiger partial charge in [-0.25, -0.2) is 0 Å². The van der Waals surface area contributed by atoms with Crippen molar-refractivity contribution in [3.63, 3.8) is 0 Å². The van der Waals surface area contributed by atoms with Gasteiger partial charge in [-0.05, 0) is 39.0 Å². The molecular formula is C16H27B2F2N3. The van der Waals surface area contributed by atoms with Crippen LogP contribution in [0.1, 0.15) is 58.3 Å². The number of alkyl halides is 2. The van der Waals surface area contributed by atoms with Crippen LogP contribution in [0.3, 0.4) is 0 Å². The highest BCUT2D eigenvalue weighted by molar-refractivity contribution is 6.38. The van der Waals surface area contributed by atoms with Crippen LogP contribution in [0.2, 0.25) is 19.0 Å². The van der Waals surface area contributed by atoms with Crippen LogP contribution in [0.4, 0.5) is 8.78 Å². The van der Waals surface area contributed by atoms with Crippen LogP contribution in [0.25, 0.3) is 0 Å². The van der Waals surface area contributed by atoms with Crippen molar-refractivity contribution in [2.24, 2.45) is 5.92 Å². The molecule has 0 bridgehead atoms. The molecule has 23 heavy (non-hydrogen) atoms. The Hall–Kier alpha value is -0.870. The molecule has 1 aliphatic rings. The molecule has 126 valence electrons. The summed E-state index contributed by atoms with van der Waals surface area (Å²) in [6.07, 6.45) is 1.83. The van der Waals surface area contributed by atoms with E-state index >= 15 is 0 Å². The first-order valence-electron chi connectivity index (χ1n) is 8.49. The van der Waals surface area contributed by atoms with Crippen LogP contribution in [-0.4, -0.2) is 29.6 Å². The topological polar surface area (TPSA) is 30.7 Å². The lowest BCUT2D eigenvalue weighted by molar-refractivity contribution is -0.0284. The Labute approximate surface area is 140 Å². The van der Waals surface area contributed by atoms with Gasteiger partial charge < -0.3 is 0 Å². The Bertz CT molecular complexity index is 542. The molecule has 2 radical (unpaired) electrons. The molecule has 2 rings (SSSR count). The lowest BCUT2D eigenvalue weighted by Crippen LogP contribution is -2.35. The van der Waals surface area contributed by atoms with Gasteiger partial charge >= 0.3 is 0 Å². The quantitative estimate of drug-likeness (QED) is 0.782. The average molecular weight is 321 g/mol. The van der Waals surface area contributed by atoms with E-state index in [0.717, 1.165) is 6.42 Å². The summed E-state index contributed by atoms with van der Waals surface area (Å²) in [5.41, 5.74) is 0.0523. The Morgan fingerprint density at radius 1 is 1.13 bits per heavy atom. The molecule has 1 unspecified atom stereocenters. The van der Waals surface area contributed by atoms with E-state index in [1.54, 1.807) is 4.68 Å². The van der Waals surface area contributed by atoms with E-state index in [1.807, 2.05) is 34.8 Å². The zero-order valence-corrected chi connectivity index (χ0v) is 15.2. The van der Waals surface area contributed by atoms with Gasteiger partial charge in [0.1, 0.15) is 14.6 Å². The summed E-state index contributed by atoms with van der Waals surface area (Å²) in [5, 5.41) is 7.90. The third-order valence-corrected chi connectivity index (χ3v) is 5.69. The lowest BCUT2D eigenvalue weighted by atomic mass is 9.49. The maximum Gasteiger partial charge on any atom is 0.293 e. The minimum atomic E-state index is -2.90. The molecule has 0 saturated carbocycles. The molecule has 0 saturated heterocycles. The molecule has 1 aromatic heterocycles. The summed E-state index contributed by atoms with van der Waals surface area (Å²) in [4.78, 5) is 0. The highest BCUT2D eigenvalue weighted by Gasteiger charge is 2.43. The molecule has 1 atom stereocenters. The third kappa shape index (κ3) is 3.48. The first kappa shape index (κ1) is 18.5. The summed E-state index contributed by atoms with van der Waals surface area (Å²) in [6.45, 7) is 12.2. The van der Waals surface area contributed by atoms with Crippen LogP contribution in [0.15, 0.2) is 0 Å². The van der Waals surface area contributed by atoms with Gasteiger partial charge in [0.25, 0.3) is 5.92 Å². The number of rotatable bonds is 4. The Morgan fingerprint density at radius 3 is 2.35 bits per heavy atom. The number of nitrogens with zero attached hydrogens (tertiary/aromatic N) is 3. The third-order valence-electron chi connectivity index (χ3n) is 5.69. The summed E-state index contributed by atoms with van der Waals surface area (Å²) in [7, 11) is 4.11. The fourth-order valence-electron chi connectivity index (χ4n) is 3.30. The zero-order chi connectivity index (χ0) is 17.5. The van der Waals surface area contributed by atoms with Gasteiger partial charge in [0, 0.05) is 11.9 Å². The van der Waals surface area contributed by atoms with Crippen LogP contribution >= 0.6 is 0 Å². The lowest BCUT2D eigenvalue weighted by Gasteiger charge is -2.36. The average Bonchev–Trinajstić information content (AvgIpc) is 2.90. The normalized spacial score (nSPS) is 22.0. The van der Waals surface area contributed by atoms with Crippen LogP contribution in [-0.2, 0) is 17.8 Å². The molecule has 1 aromatic rings. The van der Waals surface area contributed by atoms with E-state index in [1.165, 1.54) is 0 Å². The molecule has 0 amide bonds. The van der Waals surface area contributed by atoms with Crippen molar-refractivity contribution in [1.82, 2.24) is 15.0 Å². The van der Waals surface area contributed by atoms with Gasteiger partial charge in [-0.15, -0.1) is 5.10 Å². The number of fused-ring (bicyclic) bond motifs is 1. The van der Waals surface area contributed by atoms with Crippen molar-refractivity contribution in [3.8, 4) is 0 Å². The van der Waals surface area contributed by atoms with E-state index in [-0.39, 0.29) is 23.3 Å². The predicted molar refractivity (Wildman–Crippen MR) is 91.6 cm³/mol. The van der Waals surface area contributed by atoms with E-state index in [4.69, 9.17) is 0 Å². The molecular weight excluding hydrogens is 294 g/mol. The minimum Gasteiger partial charge on any atom is -0.252 e. The van der Waals surface area contributed by atoms with Crippen molar-refractivity contribution < 1.29 is 8.78 Å². The van der Waals surface area contributed by atoms with E-state index in [9.17, 15) is 8.78 Å². The van der Waals surface area contributed by atoms with E-state index in [0.29, 0.717) is 18.5 Å². The van der Waals surface area contributed by atoms with Crippen molar-refractivity contribution in [2.75, 3.05) is 0 Å². The standard InChI is InChI=1S/C16H27B2F2N3/c1-14(2,17-5)11-7-8-12-13(16(19,20)10-9-11)21-22-23(12)15(3,4)18-6/h11H,7-10H2,1-6H3. The van der Waals surface area contributed by atoms with Gasteiger partial charge in [-0.3, -0.25) is 4.68 Å².